The zero-order valence-corrected chi connectivity index (χ0v) is 12.0. The van der Waals surface area contributed by atoms with Crippen LogP contribution in [0.3, 0.4) is 0 Å². The Morgan fingerprint density at radius 1 is 1.32 bits per heavy atom. The third kappa shape index (κ3) is 3.09. The summed E-state index contributed by atoms with van der Waals surface area (Å²) in [6.07, 6.45) is 2.48. The van der Waals surface area contributed by atoms with Gasteiger partial charge in [0.2, 0.25) is 0 Å². The van der Waals surface area contributed by atoms with Crippen LogP contribution in [0.15, 0.2) is 24.3 Å². The predicted octanol–water partition coefficient (Wildman–Crippen LogP) is 4.17. The molecule has 1 fully saturated rings. The molecule has 0 amide bonds. The van der Waals surface area contributed by atoms with Crippen molar-refractivity contribution in [1.29, 1.82) is 0 Å². The number of hydrogen-bond acceptors (Lipinski definition) is 4. The first kappa shape index (κ1) is 12.9. The van der Waals surface area contributed by atoms with Crippen molar-refractivity contribution in [3.05, 3.63) is 45.7 Å². The molecule has 100 valence electrons. The van der Waals surface area contributed by atoms with Gasteiger partial charge in [0.05, 0.1) is 5.69 Å². The molecular formula is C14H14FNOS2. The van der Waals surface area contributed by atoms with Crippen LogP contribution in [-0.2, 0) is 12.4 Å². The third-order valence-electron chi connectivity index (χ3n) is 3.06. The number of thiazole rings is 1. The fourth-order valence-corrected chi connectivity index (χ4v) is 3.22. The van der Waals surface area contributed by atoms with Crippen LogP contribution in [0.1, 0.15) is 34.3 Å². The van der Waals surface area contributed by atoms with Gasteiger partial charge in [-0.2, -0.15) is 12.6 Å². The number of hydrogen-bond donors (Lipinski definition) is 1. The molecule has 0 N–H and O–H groups in total. The monoisotopic (exact) mass is 295 g/mol. The Morgan fingerprint density at radius 3 is 2.68 bits per heavy atom. The Balaban J connectivity index is 1.67. The number of thiol groups is 1. The maximum atomic E-state index is 12.8. The minimum Gasteiger partial charge on any atom is -0.486 e. The lowest BCUT2D eigenvalue weighted by Crippen LogP contribution is -1.95. The molecule has 0 unspecified atom stereocenters. The number of nitrogens with zero attached hydrogens (tertiary/aromatic N) is 1. The van der Waals surface area contributed by atoms with Gasteiger partial charge in [-0.05, 0) is 37.1 Å². The quantitative estimate of drug-likeness (QED) is 0.836. The second-order valence-corrected chi connectivity index (χ2v) is 6.08. The highest BCUT2D eigenvalue weighted by molar-refractivity contribution is 7.79. The van der Waals surface area contributed by atoms with E-state index in [1.54, 1.807) is 23.5 Å². The van der Waals surface area contributed by atoms with E-state index in [4.69, 9.17) is 4.74 Å². The zero-order chi connectivity index (χ0) is 13.2. The van der Waals surface area contributed by atoms with Crippen molar-refractivity contribution >= 4 is 24.0 Å². The molecule has 5 heteroatoms. The van der Waals surface area contributed by atoms with Crippen molar-refractivity contribution in [2.45, 2.75) is 31.1 Å². The summed E-state index contributed by atoms with van der Waals surface area (Å²) in [5.74, 6) is 1.78. The molecule has 1 aromatic heterocycles. The van der Waals surface area contributed by atoms with Crippen LogP contribution in [0.4, 0.5) is 4.39 Å². The maximum Gasteiger partial charge on any atom is 0.140 e. The highest BCUT2D eigenvalue weighted by Gasteiger charge is 2.29. The van der Waals surface area contributed by atoms with E-state index >= 15 is 0 Å². The molecular weight excluding hydrogens is 281 g/mol. The van der Waals surface area contributed by atoms with E-state index in [9.17, 15) is 4.39 Å². The van der Waals surface area contributed by atoms with E-state index in [0.717, 1.165) is 10.8 Å². The molecule has 3 rings (SSSR count). The second kappa shape index (κ2) is 5.51. The zero-order valence-electron chi connectivity index (χ0n) is 10.3. The lowest BCUT2D eigenvalue weighted by Gasteiger charge is -2.03. The standard InChI is InChI=1S/C14H14FNOS2/c15-10-3-5-11(6-4-10)17-7-13-16-14(9-1-2-9)12(8-18)19-13/h3-6,9,18H,1-2,7-8H2. The van der Waals surface area contributed by atoms with E-state index in [0.29, 0.717) is 18.3 Å². The predicted molar refractivity (Wildman–Crippen MR) is 77.5 cm³/mol. The van der Waals surface area contributed by atoms with Crippen molar-refractivity contribution in [3.63, 3.8) is 0 Å². The summed E-state index contributed by atoms with van der Waals surface area (Å²) in [4.78, 5) is 5.90. The van der Waals surface area contributed by atoms with E-state index < -0.39 is 0 Å². The van der Waals surface area contributed by atoms with Crippen LogP contribution in [0.5, 0.6) is 5.75 Å². The summed E-state index contributed by atoms with van der Waals surface area (Å²) in [7, 11) is 0. The summed E-state index contributed by atoms with van der Waals surface area (Å²) in [6.45, 7) is 0.434. The highest BCUT2D eigenvalue weighted by atomic mass is 32.1. The van der Waals surface area contributed by atoms with Gasteiger partial charge in [0.15, 0.2) is 0 Å². The van der Waals surface area contributed by atoms with Crippen molar-refractivity contribution in [3.8, 4) is 5.75 Å². The van der Waals surface area contributed by atoms with Crippen LogP contribution in [0.2, 0.25) is 0 Å². The van der Waals surface area contributed by atoms with Gasteiger partial charge in [0.25, 0.3) is 0 Å². The third-order valence-corrected chi connectivity index (χ3v) is 4.63. The van der Waals surface area contributed by atoms with Gasteiger partial charge in [-0.3, -0.25) is 0 Å². The van der Waals surface area contributed by atoms with Crippen LogP contribution in [0, 0.1) is 5.82 Å². The molecule has 0 bridgehead atoms. The summed E-state index contributed by atoms with van der Waals surface area (Å²) >= 11 is 6.02. The van der Waals surface area contributed by atoms with E-state index in [1.807, 2.05) is 0 Å². The number of ether oxygens (including phenoxy) is 1. The minimum absolute atomic E-state index is 0.255. The van der Waals surface area contributed by atoms with Crippen LogP contribution in [0.25, 0.3) is 0 Å². The van der Waals surface area contributed by atoms with Gasteiger partial charge < -0.3 is 4.74 Å². The Bertz CT molecular complexity index is 563. The smallest absolute Gasteiger partial charge is 0.140 e. The van der Waals surface area contributed by atoms with Gasteiger partial charge in [-0.25, -0.2) is 9.37 Å². The largest absolute Gasteiger partial charge is 0.486 e. The molecule has 0 saturated heterocycles. The highest BCUT2D eigenvalue weighted by Crippen LogP contribution is 2.43. The molecule has 0 spiro atoms. The molecule has 1 aromatic carbocycles. The topological polar surface area (TPSA) is 22.1 Å². The van der Waals surface area contributed by atoms with Gasteiger partial charge in [0.1, 0.15) is 23.2 Å². The van der Waals surface area contributed by atoms with Crippen molar-refractivity contribution in [2.75, 3.05) is 0 Å². The van der Waals surface area contributed by atoms with Crippen molar-refractivity contribution in [2.24, 2.45) is 0 Å². The first-order chi connectivity index (χ1) is 9.26. The van der Waals surface area contributed by atoms with Crippen molar-refractivity contribution < 1.29 is 9.13 Å². The summed E-state index contributed by atoms with van der Waals surface area (Å²) < 4.78 is 18.4. The van der Waals surface area contributed by atoms with Gasteiger partial charge in [0, 0.05) is 16.5 Å². The average molecular weight is 295 g/mol. The molecule has 1 saturated carbocycles. The summed E-state index contributed by atoms with van der Waals surface area (Å²) in [5, 5.41) is 0.968. The first-order valence-corrected chi connectivity index (χ1v) is 7.69. The molecule has 1 heterocycles. The normalized spacial score (nSPS) is 14.6. The SMILES string of the molecule is Fc1ccc(OCc2nc(C3CC3)c(CS)s2)cc1. The van der Waals surface area contributed by atoms with Crippen LogP contribution >= 0.6 is 24.0 Å². The van der Waals surface area contributed by atoms with Crippen LogP contribution < -0.4 is 4.74 Å². The molecule has 0 aliphatic heterocycles. The molecule has 0 atom stereocenters. The lowest BCUT2D eigenvalue weighted by molar-refractivity contribution is 0.305. The van der Waals surface area contributed by atoms with Crippen LogP contribution in [-0.4, -0.2) is 4.98 Å². The molecule has 1 aliphatic carbocycles. The summed E-state index contributed by atoms with van der Waals surface area (Å²) in [5.41, 5.74) is 1.21. The minimum atomic E-state index is -0.255. The number of halogens is 1. The molecule has 1 aliphatic rings. The van der Waals surface area contributed by atoms with Gasteiger partial charge in [-0.15, -0.1) is 11.3 Å². The van der Waals surface area contributed by atoms with E-state index in [1.165, 1.54) is 35.5 Å². The fourth-order valence-electron chi connectivity index (χ4n) is 1.94. The molecule has 19 heavy (non-hydrogen) atoms. The van der Waals surface area contributed by atoms with E-state index in [2.05, 4.69) is 17.6 Å². The molecule has 0 radical (unpaired) electrons. The first-order valence-electron chi connectivity index (χ1n) is 6.24. The Labute approximate surface area is 121 Å². The van der Waals surface area contributed by atoms with Gasteiger partial charge in [-0.1, -0.05) is 0 Å². The summed E-state index contributed by atoms with van der Waals surface area (Å²) in [6, 6.07) is 6.05. The lowest BCUT2D eigenvalue weighted by atomic mass is 10.3. The molecule has 2 aromatic rings. The van der Waals surface area contributed by atoms with E-state index in [-0.39, 0.29) is 5.82 Å². The number of benzene rings is 1. The number of aromatic nitrogens is 1. The fraction of sp³-hybridized carbons (Fsp3) is 0.357. The van der Waals surface area contributed by atoms with Gasteiger partial charge >= 0.3 is 0 Å². The average Bonchev–Trinajstić information content (AvgIpc) is 3.19. The molecule has 2 nitrogen and oxygen atoms in total. The Morgan fingerprint density at radius 2 is 2.05 bits per heavy atom. The van der Waals surface area contributed by atoms with Crippen molar-refractivity contribution in [1.82, 2.24) is 4.98 Å². The second-order valence-electron chi connectivity index (χ2n) is 4.59. The Kier molecular flexibility index (Phi) is 3.75. The number of rotatable bonds is 5. The Hall–Kier alpha value is -1.07. The maximum absolute atomic E-state index is 12.8.